The van der Waals surface area contributed by atoms with E-state index in [0.29, 0.717) is 15.7 Å². The Balaban J connectivity index is 1.32. The maximum absolute atomic E-state index is 12.7. The van der Waals surface area contributed by atoms with Crippen LogP contribution in [-0.4, -0.2) is 35.8 Å². The smallest absolute Gasteiger partial charge is 0.319 e. The van der Waals surface area contributed by atoms with E-state index in [2.05, 4.69) is 22.8 Å². The van der Waals surface area contributed by atoms with E-state index in [9.17, 15) is 14.4 Å². The van der Waals surface area contributed by atoms with Crippen molar-refractivity contribution in [2.24, 2.45) is 23.7 Å². The fourth-order valence-electron chi connectivity index (χ4n) is 4.39. The number of anilines is 1. The van der Waals surface area contributed by atoms with Crippen LogP contribution in [0.1, 0.15) is 12.8 Å². The lowest BCUT2D eigenvalue weighted by Crippen LogP contribution is -2.40. The molecule has 0 unspecified atom stereocenters. The highest BCUT2D eigenvalue weighted by atomic mass is 35.5. The average Bonchev–Trinajstić information content (AvgIpc) is 2.92. The normalized spacial score (nSPS) is 28.4. The Labute approximate surface area is 166 Å². The van der Waals surface area contributed by atoms with Gasteiger partial charge in [-0.15, -0.1) is 0 Å². The first-order valence-electron chi connectivity index (χ1n) is 8.99. The molecule has 2 N–H and O–H groups in total. The molecule has 6 nitrogen and oxygen atoms in total. The molecule has 4 atom stereocenters. The lowest BCUT2D eigenvalue weighted by molar-refractivity contribution is -0.140. The molecule has 142 valence electrons. The van der Waals surface area contributed by atoms with Gasteiger partial charge in [0.1, 0.15) is 0 Å². The van der Waals surface area contributed by atoms with Gasteiger partial charge in [0.2, 0.25) is 11.8 Å². The third-order valence-corrected chi connectivity index (χ3v) is 6.20. The number of benzene rings is 1. The van der Waals surface area contributed by atoms with Gasteiger partial charge in [-0.25, -0.2) is 4.79 Å². The molecular weight excluding hydrogens is 389 g/mol. The second-order valence-electron chi connectivity index (χ2n) is 7.17. The van der Waals surface area contributed by atoms with Crippen molar-refractivity contribution in [2.75, 3.05) is 18.4 Å². The van der Waals surface area contributed by atoms with Crippen LogP contribution in [0.3, 0.4) is 0 Å². The largest absolute Gasteiger partial charge is 0.336 e. The Hall–Kier alpha value is -2.05. The third kappa shape index (κ3) is 3.32. The molecule has 1 aromatic rings. The molecule has 5 rings (SSSR count). The Kier molecular flexibility index (Phi) is 4.86. The second kappa shape index (κ2) is 7.17. The first kappa shape index (κ1) is 18.3. The van der Waals surface area contributed by atoms with Crippen LogP contribution >= 0.6 is 23.2 Å². The standard InChI is InChI=1S/C19H19Cl2N3O3/c20-12-5-6-14(13(21)9-12)23-19(27)22-7-8-24-17(25)15-10-1-2-11(4-3-10)16(15)18(24)26/h1-2,5-6,9-11,15-16H,3-4,7-8H2,(H2,22,23,27)/t10-,11-,15-,16+/m0/s1. The summed E-state index contributed by atoms with van der Waals surface area (Å²) in [5.74, 6) is -0.306. The molecule has 0 aromatic heterocycles. The third-order valence-electron chi connectivity index (χ3n) is 5.65. The highest BCUT2D eigenvalue weighted by molar-refractivity contribution is 6.36. The van der Waals surface area contributed by atoms with Crippen LogP contribution < -0.4 is 10.6 Å². The number of amides is 4. The number of allylic oxidation sites excluding steroid dienone is 2. The first-order chi connectivity index (χ1) is 13.0. The van der Waals surface area contributed by atoms with Crippen molar-refractivity contribution in [1.29, 1.82) is 0 Å². The van der Waals surface area contributed by atoms with E-state index in [-0.39, 0.29) is 48.6 Å². The van der Waals surface area contributed by atoms with Gasteiger partial charge < -0.3 is 10.6 Å². The highest BCUT2D eigenvalue weighted by Gasteiger charge is 2.56. The van der Waals surface area contributed by atoms with Crippen LogP contribution in [0.25, 0.3) is 0 Å². The summed E-state index contributed by atoms with van der Waals surface area (Å²) in [7, 11) is 0. The molecule has 2 bridgehead atoms. The average molecular weight is 408 g/mol. The second-order valence-corrected chi connectivity index (χ2v) is 8.02. The van der Waals surface area contributed by atoms with Crippen LogP contribution in [0.2, 0.25) is 10.0 Å². The first-order valence-corrected chi connectivity index (χ1v) is 9.75. The molecule has 4 aliphatic rings. The number of carbonyl (C=O) groups excluding carboxylic acids is 3. The molecule has 4 amide bonds. The van der Waals surface area contributed by atoms with Gasteiger partial charge in [-0.2, -0.15) is 0 Å². The Morgan fingerprint density at radius 1 is 1.07 bits per heavy atom. The summed E-state index contributed by atoms with van der Waals surface area (Å²) in [6, 6.07) is 4.29. The van der Waals surface area contributed by atoms with Crippen LogP contribution in [-0.2, 0) is 9.59 Å². The van der Waals surface area contributed by atoms with Gasteiger partial charge in [-0.05, 0) is 42.9 Å². The summed E-state index contributed by atoms with van der Waals surface area (Å²) in [4.78, 5) is 38.7. The summed E-state index contributed by atoms with van der Waals surface area (Å²) in [5.41, 5.74) is 0.431. The van der Waals surface area contributed by atoms with Gasteiger partial charge in [0.15, 0.2) is 0 Å². The Bertz CT molecular complexity index is 809. The lowest BCUT2D eigenvalue weighted by Gasteiger charge is -2.38. The van der Waals surface area contributed by atoms with Gasteiger partial charge in [0.25, 0.3) is 0 Å². The van der Waals surface area contributed by atoms with Gasteiger partial charge in [0.05, 0.1) is 22.5 Å². The number of hydrogen-bond acceptors (Lipinski definition) is 3. The van der Waals surface area contributed by atoms with Gasteiger partial charge in [-0.3, -0.25) is 14.5 Å². The summed E-state index contributed by atoms with van der Waals surface area (Å²) >= 11 is 11.8. The fraction of sp³-hybridized carbons (Fsp3) is 0.421. The number of likely N-dealkylation sites (tertiary alicyclic amines) is 1. The van der Waals surface area contributed by atoms with Crippen molar-refractivity contribution in [3.8, 4) is 0 Å². The minimum absolute atomic E-state index is 0.105. The zero-order valence-corrected chi connectivity index (χ0v) is 16.0. The highest BCUT2D eigenvalue weighted by Crippen LogP contribution is 2.49. The van der Waals surface area contributed by atoms with E-state index in [1.54, 1.807) is 12.1 Å². The van der Waals surface area contributed by atoms with E-state index < -0.39 is 6.03 Å². The summed E-state index contributed by atoms with van der Waals surface area (Å²) in [6.07, 6.45) is 6.12. The molecule has 0 radical (unpaired) electrons. The minimum Gasteiger partial charge on any atom is -0.336 e. The summed E-state index contributed by atoms with van der Waals surface area (Å²) in [5, 5.41) is 6.08. The maximum atomic E-state index is 12.7. The zero-order valence-electron chi connectivity index (χ0n) is 14.5. The van der Waals surface area contributed by atoms with E-state index >= 15 is 0 Å². The summed E-state index contributed by atoms with van der Waals surface area (Å²) < 4.78 is 0. The van der Waals surface area contributed by atoms with Crippen molar-refractivity contribution in [2.45, 2.75) is 12.8 Å². The molecule has 1 heterocycles. The van der Waals surface area contributed by atoms with Crippen LogP contribution in [0.5, 0.6) is 0 Å². The number of rotatable bonds is 4. The zero-order chi connectivity index (χ0) is 19.1. The molecule has 1 saturated heterocycles. The molecule has 27 heavy (non-hydrogen) atoms. The number of hydrogen-bond donors (Lipinski definition) is 2. The number of halogens is 2. The maximum Gasteiger partial charge on any atom is 0.319 e. The molecule has 1 saturated carbocycles. The number of carbonyl (C=O) groups is 3. The summed E-state index contributed by atoms with van der Waals surface area (Å²) in [6.45, 7) is 0.350. The van der Waals surface area contributed by atoms with Gasteiger partial charge in [-0.1, -0.05) is 35.4 Å². The predicted octanol–water partition coefficient (Wildman–Crippen LogP) is 3.31. The molecule has 1 aliphatic heterocycles. The molecular formula is C19H19Cl2N3O3. The molecule has 2 fully saturated rings. The Morgan fingerprint density at radius 2 is 1.70 bits per heavy atom. The predicted molar refractivity (Wildman–Crippen MR) is 103 cm³/mol. The molecule has 3 aliphatic carbocycles. The van der Waals surface area contributed by atoms with Crippen molar-refractivity contribution in [3.05, 3.63) is 40.4 Å². The molecule has 0 spiro atoms. The SMILES string of the molecule is O=C(NCCN1C(=O)[C@@H]2[C@H](C1=O)[C@H]1C=C[C@H]2CC1)Nc1ccc(Cl)cc1Cl. The van der Waals surface area contributed by atoms with E-state index in [0.717, 1.165) is 12.8 Å². The number of imide groups is 1. The Morgan fingerprint density at radius 3 is 2.26 bits per heavy atom. The van der Waals surface area contributed by atoms with Crippen LogP contribution in [0.15, 0.2) is 30.4 Å². The molecule has 1 aromatic carbocycles. The van der Waals surface area contributed by atoms with Crippen molar-refractivity contribution < 1.29 is 14.4 Å². The van der Waals surface area contributed by atoms with Gasteiger partial charge in [0, 0.05) is 18.1 Å². The van der Waals surface area contributed by atoms with E-state index in [1.807, 2.05) is 0 Å². The lowest BCUT2D eigenvalue weighted by atomic mass is 9.63. The number of urea groups is 1. The van der Waals surface area contributed by atoms with Crippen LogP contribution in [0.4, 0.5) is 10.5 Å². The van der Waals surface area contributed by atoms with Crippen molar-refractivity contribution in [3.63, 3.8) is 0 Å². The van der Waals surface area contributed by atoms with Gasteiger partial charge >= 0.3 is 6.03 Å². The van der Waals surface area contributed by atoms with Crippen LogP contribution in [0, 0.1) is 23.7 Å². The fourth-order valence-corrected chi connectivity index (χ4v) is 4.85. The van der Waals surface area contributed by atoms with Crippen molar-refractivity contribution in [1.82, 2.24) is 10.2 Å². The van der Waals surface area contributed by atoms with Crippen molar-refractivity contribution >= 4 is 46.7 Å². The number of nitrogens with one attached hydrogen (secondary N) is 2. The van der Waals surface area contributed by atoms with E-state index in [4.69, 9.17) is 23.2 Å². The quantitative estimate of drug-likeness (QED) is 0.593. The topological polar surface area (TPSA) is 78.5 Å². The monoisotopic (exact) mass is 407 g/mol. The number of fused-ring (bicyclic) bond motifs is 1. The molecule has 8 heteroatoms. The van der Waals surface area contributed by atoms with E-state index in [1.165, 1.54) is 11.0 Å². The minimum atomic E-state index is -0.461. The number of nitrogens with zero attached hydrogens (tertiary/aromatic N) is 1.